The van der Waals surface area contributed by atoms with Gasteiger partial charge in [-0.3, -0.25) is 9.59 Å². The van der Waals surface area contributed by atoms with E-state index in [1.165, 1.54) is 12.2 Å². The van der Waals surface area contributed by atoms with Gasteiger partial charge in [-0.1, -0.05) is 24.3 Å². The molecule has 0 atom stereocenters. The molecular weight excluding hydrogens is 348 g/mol. The molecule has 0 aliphatic heterocycles. The summed E-state index contributed by atoms with van der Waals surface area (Å²) in [6.45, 7) is 2.00. The van der Waals surface area contributed by atoms with Gasteiger partial charge in [0.15, 0.2) is 6.61 Å². The number of nitrogens with zero attached hydrogens (tertiary/aromatic N) is 1. The van der Waals surface area contributed by atoms with Crippen molar-refractivity contribution < 1.29 is 23.9 Å². The number of ether oxygens (including phenoxy) is 2. The lowest BCUT2D eigenvalue weighted by Gasteiger charge is -2.05. The normalized spacial score (nSPS) is 10.7. The summed E-state index contributed by atoms with van der Waals surface area (Å²) in [5, 5.41) is 3.58. The number of benzene rings is 1. The van der Waals surface area contributed by atoms with Crippen LogP contribution in [0.5, 0.6) is 0 Å². The number of nitrogens with one attached hydrogen (secondary N) is 1. The molecule has 1 aromatic heterocycles. The Balaban J connectivity index is 1.69. The summed E-state index contributed by atoms with van der Waals surface area (Å²) in [5.41, 5.74) is 1.45. The number of fused-ring (bicyclic) bond motifs is 1. The molecule has 0 aliphatic rings. The minimum Gasteiger partial charge on any atom is -0.466 e. The van der Waals surface area contributed by atoms with Crippen LogP contribution in [0, 0.1) is 0 Å². The van der Waals surface area contributed by atoms with Crippen molar-refractivity contribution in [2.75, 3.05) is 19.8 Å². The molecule has 0 spiro atoms. The second-order valence-electron chi connectivity index (χ2n) is 5.63. The molecular formula is C20H22N2O5. The topological polar surface area (TPSA) is 94.6 Å². The van der Waals surface area contributed by atoms with Crippen molar-refractivity contribution in [3.05, 3.63) is 48.2 Å². The van der Waals surface area contributed by atoms with Crippen molar-refractivity contribution in [3.8, 4) is 0 Å². The molecule has 1 heterocycles. The zero-order valence-electron chi connectivity index (χ0n) is 15.1. The molecule has 2 rings (SSSR count). The van der Waals surface area contributed by atoms with Gasteiger partial charge in [0, 0.05) is 24.4 Å². The van der Waals surface area contributed by atoms with Crippen LogP contribution >= 0.6 is 0 Å². The molecule has 27 heavy (non-hydrogen) atoms. The average Bonchev–Trinajstić information content (AvgIpc) is 2.68. The van der Waals surface area contributed by atoms with Crippen LogP contribution in [0.4, 0.5) is 0 Å². The van der Waals surface area contributed by atoms with Gasteiger partial charge >= 0.3 is 11.9 Å². The molecule has 0 saturated heterocycles. The molecule has 7 nitrogen and oxygen atoms in total. The molecule has 1 amide bonds. The van der Waals surface area contributed by atoms with E-state index in [0.29, 0.717) is 25.3 Å². The van der Waals surface area contributed by atoms with Gasteiger partial charge in [0.25, 0.3) is 5.91 Å². The number of pyridine rings is 1. The molecule has 7 heteroatoms. The van der Waals surface area contributed by atoms with Crippen LogP contribution < -0.4 is 5.32 Å². The van der Waals surface area contributed by atoms with Crippen molar-refractivity contribution in [3.63, 3.8) is 0 Å². The largest absolute Gasteiger partial charge is 0.466 e. The van der Waals surface area contributed by atoms with Gasteiger partial charge in [-0.15, -0.1) is 0 Å². The maximum Gasteiger partial charge on any atom is 0.331 e. The highest BCUT2D eigenvalue weighted by Crippen LogP contribution is 2.12. The Labute approximate surface area is 157 Å². The van der Waals surface area contributed by atoms with Crippen LogP contribution in [0.15, 0.2) is 42.5 Å². The Bertz CT molecular complexity index is 832. The van der Waals surface area contributed by atoms with Crippen LogP contribution in [-0.2, 0) is 23.9 Å². The molecule has 1 N–H and O–H groups in total. The molecule has 0 saturated carbocycles. The lowest BCUT2D eigenvalue weighted by Crippen LogP contribution is -2.29. The Kier molecular flexibility index (Phi) is 7.96. The van der Waals surface area contributed by atoms with E-state index in [9.17, 15) is 14.4 Å². The first-order chi connectivity index (χ1) is 13.1. The lowest BCUT2D eigenvalue weighted by atomic mass is 10.2. The number of esters is 2. The third kappa shape index (κ3) is 7.27. The Morgan fingerprint density at radius 2 is 1.93 bits per heavy atom. The van der Waals surface area contributed by atoms with Gasteiger partial charge in [-0.05, 0) is 31.6 Å². The predicted molar refractivity (Wildman–Crippen MR) is 101 cm³/mol. The van der Waals surface area contributed by atoms with Crippen molar-refractivity contribution in [1.29, 1.82) is 0 Å². The molecule has 1 aromatic carbocycles. The summed E-state index contributed by atoms with van der Waals surface area (Å²) in [5.74, 6) is -1.36. The molecule has 142 valence electrons. The predicted octanol–water partition coefficient (Wildman–Crippen LogP) is 2.25. The summed E-state index contributed by atoms with van der Waals surface area (Å²) in [4.78, 5) is 38.9. The van der Waals surface area contributed by atoms with Crippen molar-refractivity contribution >= 4 is 34.8 Å². The zero-order valence-corrected chi connectivity index (χ0v) is 15.1. The summed E-state index contributed by atoms with van der Waals surface area (Å²) in [7, 11) is 0. The van der Waals surface area contributed by atoms with E-state index < -0.39 is 11.9 Å². The standard InChI is InChI=1S/C20H22N2O5/c1-2-26-19(24)8-5-13-21-18(23)14-27-20(25)12-11-16-10-9-15-6-3-4-7-17(15)22-16/h3-4,6-7,9-12H,2,5,8,13-14H2,1H3,(H,21,23)/b12-11+. The van der Waals surface area contributed by atoms with Crippen molar-refractivity contribution in [2.24, 2.45) is 0 Å². The van der Waals surface area contributed by atoms with E-state index in [1.807, 2.05) is 30.3 Å². The van der Waals surface area contributed by atoms with Crippen LogP contribution in [0.3, 0.4) is 0 Å². The Hall–Kier alpha value is -3.22. The van der Waals surface area contributed by atoms with Gasteiger partial charge in [-0.25, -0.2) is 9.78 Å². The maximum atomic E-state index is 11.7. The number of rotatable bonds is 9. The van der Waals surface area contributed by atoms with Gasteiger partial charge in [0.05, 0.1) is 17.8 Å². The summed E-state index contributed by atoms with van der Waals surface area (Å²) in [6, 6.07) is 11.4. The molecule has 0 radical (unpaired) electrons. The third-order valence-electron chi connectivity index (χ3n) is 3.54. The van der Waals surface area contributed by atoms with Crippen LogP contribution in [-0.4, -0.2) is 42.6 Å². The summed E-state index contributed by atoms with van der Waals surface area (Å²) < 4.78 is 9.65. The van der Waals surface area contributed by atoms with E-state index in [2.05, 4.69) is 10.3 Å². The number of carbonyl (C=O) groups excluding carboxylic acids is 3. The highest BCUT2D eigenvalue weighted by Gasteiger charge is 2.06. The molecule has 0 unspecified atom stereocenters. The Morgan fingerprint density at radius 1 is 1.11 bits per heavy atom. The molecule has 2 aromatic rings. The number of hydrogen-bond donors (Lipinski definition) is 1. The van der Waals surface area contributed by atoms with Crippen LogP contribution in [0.2, 0.25) is 0 Å². The van der Waals surface area contributed by atoms with Gasteiger partial charge in [0.1, 0.15) is 0 Å². The fraction of sp³-hybridized carbons (Fsp3) is 0.300. The van der Waals surface area contributed by atoms with E-state index in [-0.39, 0.29) is 19.0 Å². The lowest BCUT2D eigenvalue weighted by molar-refractivity contribution is -0.143. The minimum atomic E-state index is -0.633. The van der Waals surface area contributed by atoms with E-state index in [4.69, 9.17) is 9.47 Å². The van der Waals surface area contributed by atoms with Crippen molar-refractivity contribution in [2.45, 2.75) is 19.8 Å². The minimum absolute atomic E-state index is 0.232. The van der Waals surface area contributed by atoms with E-state index >= 15 is 0 Å². The zero-order chi connectivity index (χ0) is 19.5. The number of hydrogen-bond acceptors (Lipinski definition) is 6. The first kappa shape index (κ1) is 20.1. The molecule has 0 bridgehead atoms. The van der Waals surface area contributed by atoms with E-state index in [0.717, 1.165) is 10.9 Å². The SMILES string of the molecule is CCOC(=O)CCCNC(=O)COC(=O)/C=C/c1ccc2ccccc2n1. The first-order valence-corrected chi connectivity index (χ1v) is 8.71. The summed E-state index contributed by atoms with van der Waals surface area (Å²) >= 11 is 0. The quantitative estimate of drug-likeness (QED) is 0.413. The fourth-order valence-electron chi connectivity index (χ4n) is 2.26. The van der Waals surface area contributed by atoms with Crippen LogP contribution in [0.1, 0.15) is 25.5 Å². The number of carbonyl (C=O) groups is 3. The number of aromatic nitrogens is 1. The smallest absolute Gasteiger partial charge is 0.331 e. The van der Waals surface area contributed by atoms with E-state index in [1.54, 1.807) is 13.0 Å². The monoisotopic (exact) mass is 370 g/mol. The van der Waals surface area contributed by atoms with Crippen molar-refractivity contribution in [1.82, 2.24) is 10.3 Å². The van der Waals surface area contributed by atoms with Gasteiger partial charge in [-0.2, -0.15) is 0 Å². The van der Waals surface area contributed by atoms with Gasteiger partial charge in [0.2, 0.25) is 0 Å². The molecule has 0 fully saturated rings. The average molecular weight is 370 g/mol. The highest BCUT2D eigenvalue weighted by atomic mass is 16.5. The van der Waals surface area contributed by atoms with Crippen LogP contribution in [0.25, 0.3) is 17.0 Å². The number of para-hydroxylation sites is 1. The Morgan fingerprint density at radius 3 is 2.74 bits per heavy atom. The highest BCUT2D eigenvalue weighted by molar-refractivity contribution is 5.89. The third-order valence-corrected chi connectivity index (χ3v) is 3.54. The van der Waals surface area contributed by atoms with Gasteiger partial charge < -0.3 is 14.8 Å². The fourth-order valence-corrected chi connectivity index (χ4v) is 2.26. The maximum absolute atomic E-state index is 11.7. The molecule has 0 aliphatic carbocycles. The number of amides is 1. The second-order valence-corrected chi connectivity index (χ2v) is 5.63. The second kappa shape index (κ2) is 10.7. The summed E-state index contributed by atoms with van der Waals surface area (Å²) in [6.07, 6.45) is 3.46. The first-order valence-electron chi connectivity index (χ1n) is 8.71.